The largest absolute Gasteiger partial charge is 0.362 e. The molecule has 0 aliphatic carbocycles. The molecule has 2 rings (SSSR count). The number of halogens is 2. The minimum absolute atomic E-state index is 0.591. The van der Waals surface area contributed by atoms with Crippen molar-refractivity contribution >= 4 is 51.4 Å². The summed E-state index contributed by atoms with van der Waals surface area (Å²) in [5.41, 5.74) is 0. The lowest BCUT2D eigenvalue weighted by molar-refractivity contribution is 1.19. The Bertz CT molecular complexity index is 529. The molecule has 0 amide bonds. The second-order valence-corrected chi connectivity index (χ2v) is 6.51. The van der Waals surface area contributed by atoms with Gasteiger partial charge in [-0.1, -0.05) is 23.2 Å². The summed E-state index contributed by atoms with van der Waals surface area (Å²) in [5, 5.41) is 5.36. The zero-order valence-electron chi connectivity index (χ0n) is 9.74. The van der Waals surface area contributed by atoms with Gasteiger partial charge in [-0.2, -0.15) is 0 Å². The van der Waals surface area contributed by atoms with Crippen molar-refractivity contribution < 1.29 is 0 Å². The van der Waals surface area contributed by atoms with Gasteiger partial charge in [-0.05, 0) is 25.1 Å². The second-order valence-electron chi connectivity index (χ2n) is 3.53. The van der Waals surface area contributed by atoms with Crippen LogP contribution >= 0.6 is 46.3 Å². The van der Waals surface area contributed by atoms with Gasteiger partial charge in [0.1, 0.15) is 0 Å². The molecule has 1 heterocycles. The molecule has 2 nitrogen and oxygen atoms in total. The quantitative estimate of drug-likeness (QED) is 0.769. The van der Waals surface area contributed by atoms with Gasteiger partial charge in [0.2, 0.25) is 0 Å². The first-order valence-electron chi connectivity index (χ1n) is 5.45. The van der Waals surface area contributed by atoms with Crippen LogP contribution in [0.25, 0.3) is 0 Å². The van der Waals surface area contributed by atoms with Gasteiger partial charge in [-0.15, -0.1) is 23.1 Å². The van der Waals surface area contributed by atoms with Gasteiger partial charge in [-0.3, -0.25) is 0 Å². The molecular weight excluding hydrogens is 307 g/mol. The maximum absolute atomic E-state index is 5.98. The van der Waals surface area contributed by atoms with E-state index in [2.05, 4.69) is 17.2 Å². The molecule has 1 aromatic carbocycles. The van der Waals surface area contributed by atoms with Gasteiger partial charge in [0.05, 0.1) is 10.0 Å². The fourth-order valence-electron chi connectivity index (χ4n) is 1.33. The van der Waals surface area contributed by atoms with Gasteiger partial charge in [0.15, 0.2) is 5.13 Å². The molecule has 0 aliphatic rings. The summed E-state index contributed by atoms with van der Waals surface area (Å²) in [6, 6.07) is 5.69. The Labute approximate surface area is 125 Å². The number of nitrogens with zero attached hydrogens (tertiary/aromatic N) is 1. The molecule has 18 heavy (non-hydrogen) atoms. The van der Waals surface area contributed by atoms with Crippen molar-refractivity contribution in [1.82, 2.24) is 4.98 Å². The molecule has 0 bridgehead atoms. The number of aromatic nitrogens is 1. The Morgan fingerprint density at radius 2 is 2.17 bits per heavy atom. The van der Waals surface area contributed by atoms with Crippen molar-refractivity contribution in [3.8, 4) is 0 Å². The summed E-state index contributed by atoms with van der Waals surface area (Å²) in [5.74, 6) is 0.890. The average Bonchev–Trinajstić information content (AvgIpc) is 2.79. The highest BCUT2D eigenvalue weighted by molar-refractivity contribution is 7.98. The third-order valence-electron chi connectivity index (χ3n) is 2.15. The topological polar surface area (TPSA) is 24.9 Å². The first-order chi connectivity index (χ1) is 8.69. The van der Waals surface area contributed by atoms with E-state index in [9.17, 15) is 0 Å². The molecular formula is C12H12Cl2N2S2. The Balaban J connectivity index is 1.95. The Kier molecular flexibility index (Phi) is 5.18. The summed E-state index contributed by atoms with van der Waals surface area (Å²) in [6.07, 6.45) is 1.91. The number of benzene rings is 1. The van der Waals surface area contributed by atoms with Crippen LogP contribution in [0.5, 0.6) is 0 Å². The fraction of sp³-hybridized carbons (Fsp3) is 0.250. The molecule has 0 atom stereocenters. The highest BCUT2D eigenvalue weighted by Gasteiger charge is 2.04. The third-order valence-corrected chi connectivity index (χ3v) is 5.07. The van der Waals surface area contributed by atoms with Crippen LogP contribution in [-0.2, 0) is 5.75 Å². The molecule has 0 aliphatic heterocycles. The smallest absolute Gasteiger partial charge is 0.182 e. The lowest BCUT2D eigenvalue weighted by atomic mass is 10.4. The number of nitrogens with one attached hydrogen (secondary N) is 1. The molecule has 0 saturated heterocycles. The zero-order chi connectivity index (χ0) is 13.0. The minimum atomic E-state index is 0.591. The standard InChI is InChI=1S/C12H12Cl2N2S2/c1-2-15-12-16-6-9(18-12)7-17-8-3-4-10(13)11(14)5-8/h3-6H,2,7H2,1H3,(H,15,16). The van der Waals surface area contributed by atoms with Crippen molar-refractivity contribution in [2.75, 3.05) is 11.9 Å². The molecule has 6 heteroatoms. The van der Waals surface area contributed by atoms with Crippen molar-refractivity contribution in [3.05, 3.63) is 39.3 Å². The number of hydrogen-bond acceptors (Lipinski definition) is 4. The molecule has 0 spiro atoms. The van der Waals surface area contributed by atoms with E-state index in [0.29, 0.717) is 10.0 Å². The van der Waals surface area contributed by atoms with Crippen LogP contribution in [0, 0.1) is 0 Å². The molecule has 1 N–H and O–H groups in total. The maximum atomic E-state index is 5.98. The molecule has 96 valence electrons. The monoisotopic (exact) mass is 318 g/mol. The number of thiazole rings is 1. The van der Waals surface area contributed by atoms with E-state index in [-0.39, 0.29) is 0 Å². The predicted molar refractivity (Wildman–Crippen MR) is 82.3 cm³/mol. The van der Waals surface area contributed by atoms with Crippen LogP contribution in [0.1, 0.15) is 11.8 Å². The normalized spacial score (nSPS) is 10.6. The van der Waals surface area contributed by atoms with E-state index in [4.69, 9.17) is 23.2 Å². The molecule has 1 aromatic heterocycles. The Hall–Kier alpha value is -0.420. The highest BCUT2D eigenvalue weighted by Crippen LogP contribution is 2.31. The highest BCUT2D eigenvalue weighted by atomic mass is 35.5. The van der Waals surface area contributed by atoms with Gasteiger partial charge in [0.25, 0.3) is 0 Å². The Morgan fingerprint density at radius 1 is 1.33 bits per heavy atom. The van der Waals surface area contributed by atoms with Crippen molar-refractivity contribution in [3.63, 3.8) is 0 Å². The van der Waals surface area contributed by atoms with Crippen LogP contribution in [0.2, 0.25) is 10.0 Å². The van der Waals surface area contributed by atoms with E-state index < -0.39 is 0 Å². The van der Waals surface area contributed by atoms with Gasteiger partial charge < -0.3 is 5.32 Å². The van der Waals surface area contributed by atoms with Crippen molar-refractivity contribution in [2.24, 2.45) is 0 Å². The van der Waals surface area contributed by atoms with Crippen LogP contribution in [0.4, 0.5) is 5.13 Å². The minimum Gasteiger partial charge on any atom is -0.362 e. The lowest BCUT2D eigenvalue weighted by Gasteiger charge is -2.01. The van der Waals surface area contributed by atoms with Crippen LogP contribution in [0.3, 0.4) is 0 Å². The summed E-state index contributed by atoms with van der Waals surface area (Å²) in [7, 11) is 0. The van der Waals surface area contributed by atoms with E-state index in [0.717, 1.165) is 22.3 Å². The van der Waals surface area contributed by atoms with E-state index in [1.807, 2.05) is 24.4 Å². The number of rotatable bonds is 5. The first kappa shape index (κ1) is 14.0. The maximum Gasteiger partial charge on any atom is 0.182 e. The van der Waals surface area contributed by atoms with Crippen molar-refractivity contribution in [2.45, 2.75) is 17.6 Å². The molecule has 0 unspecified atom stereocenters. The van der Waals surface area contributed by atoms with Gasteiger partial charge >= 0.3 is 0 Å². The lowest BCUT2D eigenvalue weighted by Crippen LogP contribution is -1.94. The van der Waals surface area contributed by atoms with Gasteiger partial charge in [-0.25, -0.2) is 4.98 Å². The number of hydrogen-bond donors (Lipinski definition) is 1. The predicted octanol–water partition coefficient (Wildman–Crippen LogP) is 5.17. The summed E-state index contributed by atoms with van der Waals surface area (Å²) in [4.78, 5) is 6.65. The van der Waals surface area contributed by atoms with E-state index >= 15 is 0 Å². The van der Waals surface area contributed by atoms with Crippen LogP contribution in [-0.4, -0.2) is 11.5 Å². The van der Waals surface area contributed by atoms with Crippen LogP contribution < -0.4 is 5.32 Å². The first-order valence-corrected chi connectivity index (χ1v) is 8.01. The molecule has 0 saturated carbocycles. The number of thioether (sulfide) groups is 1. The average molecular weight is 319 g/mol. The molecule has 0 fully saturated rings. The van der Waals surface area contributed by atoms with Crippen LogP contribution in [0.15, 0.2) is 29.3 Å². The summed E-state index contributed by atoms with van der Waals surface area (Å²) in [6.45, 7) is 2.96. The zero-order valence-corrected chi connectivity index (χ0v) is 12.9. The second kappa shape index (κ2) is 6.66. The Morgan fingerprint density at radius 3 is 2.89 bits per heavy atom. The number of anilines is 1. The molecule has 0 radical (unpaired) electrons. The van der Waals surface area contributed by atoms with E-state index in [1.165, 1.54) is 4.88 Å². The fourth-order valence-corrected chi connectivity index (χ4v) is 3.53. The van der Waals surface area contributed by atoms with Gasteiger partial charge in [0, 0.05) is 28.3 Å². The molecule has 2 aromatic rings. The van der Waals surface area contributed by atoms with Crippen molar-refractivity contribution in [1.29, 1.82) is 0 Å². The summed E-state index contributed by atoms with van der Waals surface area (Å²) < 4.78 is 0. The van der Waals surface area contributed by atoms with E-state index in [1.54, 1.807) is 23.1 Å². The summed E-state index contributed by atoms with van der Waals surface area (Å²) >= 11 is 15.3. The SMILES string of the molecule is CCNc1ncc(CSc2ccc(Cl)c(Cl)c2)s1. The third kappa shape index (κ3) is 3.79.